The van der Waals surface area contributed by atoms with Gasteiger partial charge in [-0.25, -0.2) is 9.97 Å². The van der Waals surface area contributed by atoms with Crippen LogP contribution in [0, 0.1) is 0 Å². The summed E-state index contributed by atoms with van der Waals surface area (Å²) in [5, 5.41) is 3.31. The number of hydrogen-bond donors (Lipinski definition) is 1. The van der Waals surface area contributed by atoms with Crippen LogP contribution in [0.5, 0.6) is 0 Å². The molecule has 1 aromatic carbocycles. The standard InChI is InChI=1S/C14H13BrN4/c1-2-19-12-6-4-3-5-11(12)18-14(19)17-10-7-8-13(15)16-9-10/h3-9H,2H2,1H3,(H,17,18). The number of pyridine rings is 1. The topological polar surface area (TPSA) is 42.7 Å². The van der Waals surface area contributed by atoms with Gasteiger partial charge >= 0.3 is 0 Å². The van der Waals surface area contributed by atoms with Crippen molar-refractivity contribution >= 4 is 38.6 Å². The Morgan fingerprint density at radius 3 is 2.79 bits per heavy atom. The van der Waals surface area contributed by atoms with E-state index in [2.05, 4.69) is 48.8 Å². The number of aromatic nitrogens is 3. The Labute approximate surface area is 119 Å². The monoisotopic (exact) mass is 316 g/mol. The van der Waals surface area contributed by atoms with Gasteiger partial charge in [-0.3, -0.25) is 0 Å². The number of rotatable bonds is 3. The lowest BCUT2D eigenvalue weighted by atomic mass is 10.3. The van der Waals surface area contributed by atoms with E-state index < -0.39 is 0 Å². The molecule has 4 nitrogen and oxygen atoms in total. The minimum atomic E-state index is 0.821. The van der Waals surface area contributed by atoms with Crippen LogP contribution < -0.4 is 5.32 Å². The molecule has 1 N–H and O–H groups in total. The summed E-state index contributed by atoms with van der Waals surface area (Å²) >= 11 is 3.33. The second-order valence-corrected chi connectivity index (χ2v) is 4.98. The molecule has 0 aliphatic heterocycles. The first-order valence-corrected chi connectivity index (χ1v) is 6.91. The third-order valence-corrected chi connectivity index (χ3v) is 3.42. The van der Waals surface area contributed by atoms with Crippen LogP contribution in [0.15, 0.2) is 47.2 Å². The fourth-order valence-electron chi connectivity index (χ4n) is 2.07. The van der Waals surface area contributed by atoms with E-state index in [1.807, 2.05) is 30.3 Å². The van der Waals surface area contributed by atoms with Crippen LogP contribution in [-0.4, -0.2) is 14.5 Å². The van der Waals surface area contributed by atoms with E-state index in [9.17, 15) is 0 Å². The zero-order chi connectivity index (χ0) is 13.2. The number of anilines is 2. The lowest BCUT2D eigenvalue weighted by Gasteiger charge is -2.08. The van der Waals surface area contributed by atoms with Crippen LogP contribution >= 0.6 is 15.9 Å². The lowest BCUT2D eigenvalue weighted by Crippen LogP contribution is -2.02. The number of fused-ring (bicyclic) bond motifs is 1. The highest BCUT2D eigenvalue weighted by molar-refractivity contribution is 9.10. The Kier molecular flexibility index (Phi) is 3.21. The molecule has 0 saturated carbocycles. The van der Waals surface area contributed by atoms with Crippen molar-refractivity contribution in [1.29, 1.82) is 0 Å². The van der Waals surface area contributed by atoms with Crippen LogP contribution in [0.1, 0.15) is 6.92 Å². The van der Waals surface area contributed by atoms with E-state index in [1.165, 1.54) is 0 Å². The van der Waals surface area contributed by atoms with Crippen LogP contribution in [-0.2, 0) is 6.54 Å². The molecule has 19 heavy (non-hydrogen) atoms. The second-order valence-electron chi connectivity index (χ2n) is 4.16. The van der Waals surface area contributed by atoms with Crippen LogP contribution in [0.2, 0.25) is 0 Å². The van der Waals surface area contributed by atoms with E-state index in [4.69, 9.17) is 0 Å². The van der Waals surface area contributed by atoms with E-state index in [-0.39, 0.29) is 0 Å². The number of nitrogens with zero attached hydrogens (tertiary/aromatic N) is 3. The predicted octanol–water partition coefficient (Wildman–Crippen LogP) is 3.96. The number of aryl methyl sites for hydroxylation is 1. The molecule has 0 unspecified atom stereocenters. The zero-order valence-electron chi connectivity index (χ0n) is 10.5. The third-order valence-electron chi connectivity index (χ3n) is 2.95. The summed E-state index contributed by atoms with van der Waals surface area (Å²) in [6, 6.07) is 12.0. The Morgan fingerprint density at radius 1 is 1.21 bits per heavy atom. The average molecular weight is 317 g/mol. The molecule has 0 aliphatic rings. The first-order chi connectivity index (χ1) is 9.28. The summed E-state index contributed by atoms with van der Waals surface area (Å²) in [5.41, 5.74) is 3.06. The van der Waals surface area contributed by atoms with Gasteiger partial charge in [0.25, 0.3) is 0 Å². The number of hydrogen-bond acceptors (Lipinski definition) is 3. The summed E-state index contributed by atoms with van der Waals surface area (Å²) in [6.07, 6.45) is 1.78. The number of benzene rings is 1. The smallest absolute Gasteiger partial charge is 0.208 e. The van der Waals surface area contributed by atoms with Crippen molar-refractivity contribution in [3.8, 4) is 0 Å². The molecule has 2 heterocycles. The van der Waals surface area contributed by atoms with Gasteiger partial charge < -0.3 is 9.88 Å². The van der Waals surface area contributed by atoms with Crippen molar-refractivity contribution in [3.63, 3.8) is 0 Å². The molecule has 0 amide bonds. The highest BCUT2D eigenvalue weighted by Crippen LogP contribution is 2.22. The summed E-state index contributed by atoms with van der Waals surface area (Å²) in [5.74, 6) is 0.841. The van der Waals surface area contributed by atoms with Gasteiger partial charge in [-0.2, -0.15) is 0 Å². The third kappa shape index (κ3) is 2.33. The number of para-hydroxylation sites is 2. The normalized spacial score (nSPS) is 10.8. The molecule has 0 radical (unpaired) electrons. The van der Waals surface area contributed by atoms with E-state index in [0.29, 0.717) is 0 Å². The van der Waals surface area contributed by atoms with Gasteiger partial charge in [-0.15, -0.1) is 0 Å². The van der Waals surface area contributed by atoms with Gasteiger partial charge in [-0.1, -0.05) is 12.1 Å². The maximum atomic E-state index is 4.61. The Balaban J connectivity index is 2.02. The second kappa shape index (κ2) is 5.01. The largest absolute Gasteiger partial charge is 0.324 e. The highest BCUT2D eigenvalue weighted by Gasteiger charge is 2.08. The van der Waals surface area contributed by atoms with Gasteiger partial charge in [0.05, 0.1) is 22.9 Å². The minimum absolute atomic E-state index is 0.821. The molecular weight excluding hydrogens is 304 g/mol. The maximum absolute atomic E-state index is 4.61. The molecule has 0 spiro atoms. The van der Waals surface area contributed by atoms with E-state index >= 15 is 0 Å². The molecule has 0 atom stereocenters. The maximum Gasteiger partial charge on any atom is 0.208 e. The molecule has 0 bridgehead atoms. The Bertz CT molecular complexity index is 703. The van der Waals surface area contributed by atoms with Gasteiger partial charge in [0.1, 0.15) is 4.60 Å². The SMILES string of the molecule is CCn1c(Nc2ccc(Br)nc2)nc2ccccc21. The first kappa shape index (κ1) is 12.2. The average Bonchev–Trinajstić information content (AvgIpc) is 2.78. The Hall–Kier alpha value is -1.88. The van der Waals surface area contributed by atoms with Crippen molar-refractivity contribution in [3.05, 3.63) is 47.2 Å². The Morgan fingerprint density at radius 2 is 2.05 bits per heavy atom. The zero-order valence-corrected chi connectivity index (χ0v) is 12.1. The lowest BCUT2D eigenvalue weighted by molar-refractivity contribution is 0.797. The fourth-order valence-corrected chi connectivity index (χ4v) is 2.30. The van der Waals surface area contributed by atoms with Gasteiger partial charge in [0.15, 0.2) is 0 Å². The van der Waals surface area contributed by atoms with Crippen LogP contribution in [0.4, 0.5) is 11.6 Å². The summed E-state index contributed by atoms with van der Waals surface area (Å²) < 4.78 is 2.97. The van der Waals surface area contributed by atoms with Crippen molar-refractivity contribution in [2.45, 2.75) is 13.5 Å². The van der Waals surface area contributed by atoms with Crippen LogP contribution in [0.3, 0.4) is 0 Å². The van der Waals surface area contributed by atoms with E-state index in [1.54, 1.807) is 6.20 Å². The molecule has 0 saturated heterocycles. The summed E-state index contributed by atoms with van der Waals surface area (Å²) in [7, 11) is 0. The van der Waals surface area contributed by atoms with Gasteiger partial charge in [-0.05, 0) is 47.1 Å². The van der Waals surface area contributed by atoms with Crippen molar-refractivity contribution in [1.82, 2.24) is 14.5 Å². The molecule has 0 aliphatic carbocycles. The molecule has 3 rings (SSSR count). The molecule has 5 heteroatoms. The van der Waals surface area contributed by atoms with Crippen molar-refractivity contribution in [2.24, 2.45) is 0 Å². The summed E-state index contributed by atoms with van der Waals surface area (Å²) in [4.78, 5) is 8.82. The molecule has 2 aromatic heterocycles. The van der Waals surface area contributed by atoms with Gasteiger partial charge in [0, 0.05) is 6.54 Å². The molecule has 96 valence electrons. The van der Waals surface area contributed by atoms with E-state index in [0.717, 1.165) is 33.8 Å². The fraction of sp³-hybridized carbons (Fsp3) is 0.143. The van der Waals surface area contributed by atoms with Crippen molar-refractivity contribution in [2.75, 3.05) is 5.32 Å². The highest BCUT2D eigenvalue weighted by atomic mass is 79.9. The molecule has 0 fully saturated rings. The number of halogens is 1. The minimum Gasteiger partial charge on any atom is -0.324 e. The van der Waals surface area contributed by atoms with Crippen LogP contribution in [0.25, 0.3) is 11.0 Å². The molecular formula is C14H13BrN4. The molecule has 3 aromatic rings. The number of nitrogens with one attached hydrogen (secondary N) is 1. The van der Waals surface area contributed by atoms with Crippen molar-refractivity contribution < 1.29 is 0 Å². The predicted molar refractivity (Wildman–Crippen MR) is 80.6 cm³/mol. The quantitative estimate of drug-likeness (QED) is 0.744. The summed E-state index contributed by atoms with van der Waals surface area (Å²) in [6.45, 7) is 2.98. The first-order valence-electron chi connectivity index (χ1n) is 6.12. The van der Waals surface area contributed by atoms with Gasteiger partial charge in [0.2, 0.25) is 5.95 Å². The number of imidazole rings is 1.